The number of rotatable bonds is 0. The van der Waals surface area contributed by atoms with Crippen molar-refractivity contribution in [2.45, 2.75) is 70.2 Å². The van der Waals surface area contributed by atoms with Gasteiger partial charge in [-0.1, -0.05) is 0 Å². The van der Waals surface area contributed by atoms with Crippen LogP contribution in [-0.4, -0.2) is 87.9 Å². The molecule has 0 unspecified atom stereocenters. The number of carbonyl (C=O) groups excluding carboxylic acids is 4. The number of nitrogens with zero attached hydrogens (tertiary/aromatic N) is 2. The van der Waals surface area contributed by atoms with Gasteiger partial charge >= 0.3 is 0 Å². The number of aliphatic hydroxyl groups excluding tert-OH is 2. The predicted molar refractivity (Wildman–Crippen MR) is 97.0 cm³/mol. The normalized spacial score (nSPS) is 57.9. The highest BCUT2D eigenvalue weighted by Gasteiger charge is 2.81. The number of Topliss-reactive ketones (excluding diaryl/α,β-unsaturated/α-hetero) is 2. The monoisotopic (exact) mass is 422 g/mol. The smallest absolute Gasteiger partial charge is 0.261 e. The van der Waals surface area contributed by atoms with E-state index in [-0.39, 0.29) is 49.1 Å². The van der Waals surface area contributed by atoms with Gasteiger partial charge in [-0.05, 0) is 0 Å². The highest BCUT2D eigenvalue weighted by atomic mass is 32.2. The Hall–Kier alpha value is -1.10. The molecule has 0 spiro atoms. The SMILES string of the molecule is O=C1C[C@H]2S[C@@]34C[C@@H]1[C@@H]([C@H]2O)N3C(=O)[C@@]12C[C@H]3C(=O)C[C@@H](S1)[C@H](O)[C@H]3N2C4=O. The molecular formula is C18H18N2O6S2. The van der Waals surface area contributed by atoms with Crippen molar-refractivity contribution in [1.82, 2.24) is 9.80 Å². The van der Waals surface area contributed by atoms with Gasteiger partial charge in [-0.2, -0.15) is 0 Å². The molecule has 0 aromatic rings. The fourth-order valence-corrected chi connectivity index (χ4v) is 10.7. The number of fused-ring (bicyclic) bond motifs is 2. The van der Waals surface area contributed by atoms with Crippen molar-refractivity contribution in [1.29, 1.82) is 0 Å². The zero-order valence-electron chi connectivity index (χ0n) is 14.7. The van der Waals surface area contributed by atoms with Crippen molar-refractivity contribution >= 4 is 46.9 Å². The van der Waals surface area contributed by atoms with E-state index in [4.69, 9.17) is 0 Å². The van der Waals surface area contributed by atoms with Gasteiger partial charge in [0.25, 0.3) is 11.8 Å². The molecule has 7 fully saturated rings. The second-order valence-corrected chi connectivity index (χ2v) is 12.2. The van der Waals surface area contributed by atoms with E-state index in [9.17, 15) is 29.4 Å². The first kappa shape index (κ1) is 16.7. The van der Waals surface area contributed by atoms with E-state index >= 15 is 0 Å². The fraction of sp³-hybridized carbons (Fsp3) is 0.778. The number of hydrogen-bond acceptors (Lipinski definition) is 8. The number of amides is 2. The standard InChI is InChI=1S/C18H18N2O6S2/c21-7-1-9-13(23)11-5(7)3-17(27-9)15(25)20-12-6-4-18(20,16(26)19(11)17)28-10(14(12)24)2-8(6)22/h5-6,9-14,23-24H,1-4H2/t5-,6-,9+,10+,11-,12-,13-,14-,17+,18+/m0/s1. The Kier molecular flexibility index (Phi) is 2.76. The van der Waals surface area contributed by atoms with E-state index < -0.39 is 56.4 Å². The van der Waals surface area contributed by atoms with Gasteiger partial charge in [0.1, 0.15) is 11.6 Å². The Morgan fingerprint density at radius 1 is 0.750 bits per heavy atom. The van der Waals surface area contributed by atoms with E-state index in [1.54, 1.807) is 0 Å². The van der Waals surface area contributed by atoms with Gasteiger partial charge in [0.2, 0.25) is 0 Å². The van der Waals surface area contributed by atoms with Crippen LogP contribution in [0.2, 0.25) is 0 Å². The van der Waals surface area contributed by atoms with Gasteiger partial charge in [-0.25, -0.2) is 0 Å². The number of aliphatic hydroxyl groups is 2. The van der Waals surface area contributed by atoms with Crippen molar-refractivity contribution in [2.75, 3.05) is 0 Å². The molecule has 0 aromatic carbocycles. The summed E-state index contributed by atoms with van der Waals surface area (Å²) in [5.41, 5.74) is 0. The van der Waals surface area contributed by atoms with Gasteiger partial charge in [-0.15, -0.1) is 23.5 Å². The molecule has 2 amide bonds. The second kappa shape index (κ2) is 4.63. The van der Waals surface area contributed by atoms with Crippen molar-refractivity contribution in [3.63, 3.8) is 0 Å². The van der Waals surface area contributed by atoms with Gasteiger partial charge in [-0.3, -0.25) is 19.2 Å². The molecule has 0 aromatic heterocycles. The van der Waals surface area contributed by atoms with Crippen LogP contribution >= 0.6 is 23.5 Å². The van der Waals surface area contributed by atoms with E-state index in [0.717, 1.165) is 0 Å². The molecule has 28 heavy (non-hydrogen) atoms. The van der Waals surface area contributed by atoms with Crippen LogP contribution in [0.5, 0.6) is 0 Å². The summed E-state index contributed by atoms with van der Waals surface area (Å²) in [6, 6.07) is -1.30. The third kappa shape index (κ3) is 1.45. The molecule has 5 aliphatic heterocycles. The Morgan fingerprint density at radius 3 is 1.54 bits per heavy atom. The van der Waals surface area contributed by atoms with E-state index in [1.807, 2.05) is 0 Å². The van der Waals surface area contributed by atoms with Crippen LogP contribution in [0.3, 0.4) is 0 Å². The van der Waals surface area contributed by atoms with Gasteiger partial charge < -0.3 is 20.0 Å². The Balaban J connectivity index is 1.44. The molecule has 2 saturated carbocycles. The van der Waals surface area contributed by atoms with Crippen LogP contribution in [0.15, 0.2) is 0 Å². The summed E-state index contributed by atoms with van der Waals surface area (Å²) in [7, 11) is 0. The molecule has 7 rings (SSSR count). The lowest BCUT2D eigenvalue weighted by molar-refractivity contribution is -0.173. The summed E-state index contributed by atoms with van der Waals surface area (Å²) in [6.45, 7) is 0. The third-order valence-electron chi connectivity index (χ3n) is 8.08. The lowest BCUT2D eigenvalue weighted by Crippen LogP contribution is -2.79. The molecule has 0 radical (unpaired) electrons. The molecule has 8 nitrogen and oxygen atoms in total. The molecule has 148 valence electrons. The predicted octanol–water partition coefficient (Wildman–Crippen LogP) is -1.28. The molecule has 5 saturated heterocycles. The first-order valence-electron chi connectivity index (χ1n) is 9.75. The highest BCUT2D eigenvalue weighted by Crippen LogP contribution is 2.67. The minimum Gasteiger partial charge on any atom is -0.390 e. The van der Waals surface area contributed by atoms with E-state index in [0.29, 0.717) is 0 Å². The van der Waals surface area contributed by atoms with Crippen LogP contribution < -0.4 is 0 Å². The molecule has 5 heterocycles. The average molecular weight is 422 g/mol. The van der Waals surface area contributed by atoms with Crippen molar-refractivity contribution in [3.05, 3.63) is 0 Å². The molecule has 10 heteroatoms. The molecule has 7 aliphatic rings. The molecule has 6 bridgehead atoms. The van der Waals surface area contributed by atoms with E-state index in [2.05, 4.69) is 0 Å². The lowest BCUT2D eigenvalue weighted by Gasteiger charge is -2.61. The maximum Gasteiger partial charge on any atom is 0.261 e. The maximum atomic E-state index is 13.9. The van der Waals surface area contributed by atoms with Crippen molar-refractivity contribution in [2.24, 2.45) is 11.8 Å². The Morgan fingerprint density at radius 2 is 1.14 bits per heavy atom. The number of thioether (sulfide) groups is 2. The largest absolute Gasteiger partial charge is 0.390 e. The Bertz CT molecular complexity index is 841. The summed E-state index contributed by atoms with van der Waals surface area (Å²) in [6.07, 6.45) is -0.753. The van der Waals surface area contributed by atoms with Crippen LogP contribution in [0, 0.1) is 11.8 Å². The zero-order chi connectivity index (χ0) is 19.3. The summed E-state index contributed by atoms with van der Waals surface area (Å²) in [4.78, 5) is 53.7. The Labute approximate surface area is 168 Å². The third-order valence-corrected chi connectivity index (χ3v) is 11.4. The van der Waals surface area contributed by atoms with Gasteiger partial charge in [0.05, 0.1) is 24.3 Å². The highest BCUT2D eigenvalue weighted by molar-refractivity contribution is 8.03. The first-order chi connectivity index (χ1) is 13.3. The zero-order valence-corrected chi connectivity index (χ0v) is 16.3. The maximum absolute atomic E-state index is 13.9. The summed E-state index contributed by atoms with van der Waals surface area (Å²) in [5.74, 6) is -1.52. The second-order valence-electron chi connectivity index (χ2n) is 9.16. The van der Waals surface area contributed by atoms with Gasteiger partial charge in [0, 0.05) is 48.0 Å². The number of carbonyl (C=O) groups is 4. The molecule has 2 N–H and O–H groups in total. The lowest BCUT2D eigenvalue weighted by atomic mass is 9.80. The molecule has 10 atom stereocenters. The van der Waals surface area contributed by atoms with Crippen LogP contribution in [-0.2, 0) is 19.2 Å². The van der Waals surface area contributed by atoms with Crippen LogP contribution in [0.1, 0.15) is 25.7 Å². The number of hydrogen-bond donors (Lipinski definition) is 2. The minimum atomic E-state index is -1.19. The topological polar surface area (TPSA) is 115 Å². The average Bonchev–Trinajstić information content (AvgIpc) is 2.98. The summed E-state index contributed by atoms with van der Waals surface area (Å²) in [5, 5.41) is 20.8. The van der Waals surface area contributed by atoms with Crippen molar-refractivity contribution in [3.8, 4) is 0 Å². The summed E-state index contributed by atoms with van der Waals surface area (Å²) < 4.78 is 0. The minimum absolute atomic E-state index is 0.0169. The number of piperazine rings is 1. The summed E-state index contributed by atoms with van der Waals surface area (Å²) >= 11 is 2.49. The molecular weight excluding hydrogens is 404 g/mol. The number of ketones is 2. The van der Waals surface area contributed by atoms with E-state index in [1.165, 1.54) is 33.3 Å². The van der Waals surface area contributed by atoms with Crippen LogP contribution in [0.25, 0.3) is 0 Å². The molecule has 2 aliphatic carbocycles. The fourth-order valence-electron chi connectivity index (χ4n) is 7.04. The van der Waals surface area contributed by atoms with Crippen LogP contribution in [0.4, 0.5) is 0 Å². The van der Waals surface area contributed by atoms with Crippen molar-refractivity contribution < 1.29 is 29.4 Å². The quantitative estimate of drug-likeness (QED) is 0.496. The van der Waals surface area contributed by atoms with Gasteiger partial charge in [0.15, 0.2) is 9.74 Å². The first-order valence-corrected chi connectivity index (χ1v) is 11.5.